The number of carbonyl (C=O) groups is 1. The summed E-state index contributed by atoms with van der Waals surface area (Å²) in [5.74, 6) is 1.99. The molecule has 0 radical (unpaired) electrons. The largest absolute Gasteiger partial charge is 0.497 e. The highest BCUT2D eigenvalue weighted by atomic mass is 16.5. The van der Waals surface area contributed by atoms with Crippen molar-refractivity contribution in [2.45, 2.75) is 25.8 Å². The molecule has 1 aromatic heterocycles. The number of methoxy groups -OCH3 is 1. The fourth-order valence-electron chi connectivity index (χ4n) is 3.32. The van der Waals surface area contributed by atoms with Crippen LogP contribution in [-0.4, -0.2) is 42.1 Å². The first-order valence-corrected chi connectivity index (χ1v) is 8.23. The van der Waals surface area contributed by atoms with Gasteiger partial charge in [0.15, 0.2) is 0 Å². The molecule has 0 saturated carbocycles. The van der Waals surface area contributed by atoms with Gasteiger partial charge in [0.1, 0.15) is 11.6 Å². The number of amides is 1. The molecule has 2 atom stereocenters. The van der Waals surface area contributed by atoms with Gasteiger partial charge in [0.25, 0.3) is 0 Å². The number of anilines is 2. The van der Waals surface area contributed by atoms with Gasteiger partial charge >= 0.3 is 0 Å². The lowest BCUT2D eigenvalue weighted by atomic mass is 9.94. The highest BCUT2D eigenvalue weighted by Gasteiger charge is 2.35. The molecule has 0 bridgehead atoms. The van der Waals surface area contributed by atoms with Gasteiger partial charge in [0.2, 0.25) is 11.9 Å². The average Bonchev–Trinajstić information content (AvgIpc) is 2.97. The second kappa shape index (κ2) is 6.96. The van der Waals surface area contributed by atoms with Gasteiger partial charge in [-0.1, -0.05) is 12.1 Å². The number of carbonyl (C=O) groups excluding carboxylic acids is 1. The van der Waals surface area contributed by atoms with Gasteiger partial charge in [0, 0.05) is 37.7 Å². The van der Waals surface area contributed by atoms with Crippen LogP contribution < -0.4 is 20.7 Å². The van der Waals surface area contributed by atoms with E-state index in [1.807, 2.05) is 37.3 Å². The van der Waals surface area contributed by atoms with Crippen molar-refractivity contribution >= 4 is 17.7 Å². The van der Waals surface area contributed by atoms with Gasteiger partial charge in [-0.15, -0.1) is 0 Å². The maximum absolute atomic E-state index is 11.6. The summed E-state index contributed by atoms with van der Waals surface area (Å²) in [6.45, 7) is 4.85. The second-order valence-corrected chi connectivity index (χ2v) is 6.32. The highest BCUT2D eigenvalue weighted by Crippen LogP contribution is 2.31. The minimum absolute atomic E-state index is 0.00221. The zero-order valence-corrected chi connectivity index (χ0v) is 14.7. The van der Waals surface area contributed by atoms with Crippen molar-refractivity contribution in [1.29, 1.82) is 0 Å². The molecule has 3 rings (SSSR count). The Hall–Kier alpha value is -2.83. The molecular weight excluding hydrogens is 318 g/mol. The molecule has 2 heterocycles. The number of nitrogens with zero attached hydrogens (tertiary/aromatic N) is 3. The fraction of sp³-hybridized carbons (Fsp3) is 0.389. The lowest BCUT2D eigenvalue weighted by molar-refractivity contribution is -0.119. The van der Waals surface area contributed by atoms with Crippen molar-refractivity contribution in [3.8, 4) is 5.75 Å². The molecule has 1 amide bonds. The number of nitrogens with two attached hydrogens (primary N) is 1. The third-order valence-electron chi connectivity index (χ3n) is 4.43. The molecule has 25 heavy (non-hydrogen) atoms. The Labute approximate surface area is 147 Å². The molecule has 1 aromatic carbocycles. The van der Waals surface area contributed by atoms with Crippen LogP contribution in [0.4, 0.5) is 11.8 Å². The van der Waals surface area contributed by atoms with E-state index in [0.29, 0.717) is 6.54 Å². The first-order valence-electron chi connectivity index (χ1n) is 8.23. The summed E-state index contributed by atoms with van der Waals surface area (Å²) in [6, 6.07) is 9.88. The van der Waals surface area contributed by atoms with Gasteiger partial charge in [-0.25, -0.2) is 4.98 Å². The van der Waals surface area contributed by atoms with E-state index in [2.05, 4.69) is 20.2 Å². The predicted molar refractivity (Wildman–Crippen MR) is 96.7 cm³/mol. The van der Waals surface area contributed by atoms with Crippen molar-refractivity contribution in [3.05, 3.63) is 41.6 Å². The SMILES string of the molecule is COc1ccc([C@@H]2CN(c3cc(C)nc(N)n3)C[C@H]2NC(C)=O)cc1. The average molecular weight is 341 g/mol. The van der Waals surface area contributed by atoms with Crippen molar-refractivity contribution in [2.24, 2.45) is 0 Å². The molecule has 7 nitrogen and oxygen atoms in total. The van der Waals surface area contributed by atoms with E-state index in [0.717, 1.165) is 29.4 Å². The summed E-state index contributed by atoms with van der Waals surface area (Å²) < 4.78 is 5.23. The topological polar surface area (TPSA) is 93.4 Å². The van der Waals surface area contributed by atoms with Crippen LogP contribution in [0.15, 0.2) is 30.3 Å². The van der Waals surface area contributed by atoms with E-state index in [1.54, 1.807) is 14.0 Å². The summed E-state index contributed by atoms with van der Waals surface area (Å²) in [5, 5.41) is 3.06. The third-order valence-corrected chi connectivity index (χ3v) is 4.43. The number of hydrogen-bond acceptors (Lipinski definition) is 6. The van der Waals surface area contributed by atoms with Crippen molar-refractivity contribution in [1.82, 2.24) is 15.3 Å². The van der Waals surface area contributed by atoms with Gasteiger partial charge in [0.05, 0.1) is 13.2 Å². The van der Waals surface area contributed by atoms with Crippen LogP contribution in [0.1, 0.15) is 24.1 Å². The molecule has 0 unspecified atom stereocenters. The van der Waals surface area contributed by atoms with E-state index in [9.17, 15) is 4.79 Å². The fourth-order valence-corrected chi connectivity index (χ4v) is 3.32. The van der Waals surface area contributed by atoms with Crippen molar-refractivity contribution in [3.63, 3.8) is 0 Å². The number of aryl methyl sites for hydroxylation is 1. The molecule has 2 aromatic rings. The zero-order chi connectivity index (χ0) is 18.0. The van der Waals surface area contributed by atoms with Gasteiger partial charge in [-0.05, 0) is 24.6 Å². The minimum Gasteiger partial charge on any atom is -0.497 e. The number of hydrogen-bond donors (Lipinski definition) is 2. The molecule has 1 fully saturated rings. The third kappa shape index (κ3) is 3.81. The number of ether oxygens (including phenoxy) is 1. The molecule has 0 aliphatic carbocycles. The van der Waals surface area contributed by atoms with Crippen LogP contribution >= 0.6 is 0 Å². The maximum Gasteiger partial charge on any atom is 0.222 e. The summed E-state index contributed by atoms with van der Waals surface area (Å²) in [6.07, 6.45) is 0. The number of nitrogen functional groups attached to an aromatic ring is 1. The first-order chi connectivity index (χ1) is 12.0. The lowest BCUT2D eigenvalue weighted by Crippen LogP contribution is -2.38. The lowest BCUT2D eigenvalue weighted by Gasteiger charge is -2.19. The summed E-state index contributed by atoms with van der Waals surface area (Å²) in [7, 11) is 1.65. The van der Waals surface area contributed by atoms with Crippen LogP contribution in [0.3, 0.4) is 0 Å². The van der Waals surface area contributed by atoms with E-state index < -0.39 is 0 Å². The van der Waals surface area contributed by atoms with Gasteiger partial charge in [-0.3, -0.25) is 4.79 Å². The maximum atomic E-state index is 11.6. The smallest absolute Gasteiger partial charge is 0.222 e. The summed E-state index contributed by atoms with van der Waals surface area (Å²) in [4.78, 5) is 22.2. The normalized spacial score (nSPS) is 19.7. The zero-order valence-electron chi connectivity index (χ0n) is 14.7. The van der Waals surface area contributed by atoms with Crippen LogP contribution in [0.5, 0.6) is 5.75 Å². The number of nitrogens with one attached hydrogen (secondary N) is 1. The summed E-state index contributed by atoms with van der Waals surface area (Å²) >= 11 is 0. The van der Waals surface area contributed by atoms with Crippen molar-refractivity contribution < 1.29 is 9.53 Å². The molecule has 1 aliphatic rings. The Balaban J connectivity index is 1.88. The Morgan fingerprint density at radius 1 is 1.28 bits per heavy atom. The Morgan fingerprint density at radius 2 is 2.00 bits per heavy atom. The second-order valence-electron chi connectivity index (χ2n) is 6.32. The Kier molecular flexibility index (Phi) is 4.74. The first kappa shape index (κ1) is 17.0. The molecule has 1 aliphatic heterocycles. The van der Waals surface area contributed by atoms with Gasteiger partial charge in [-0.2, -0.15) is 4.98 Å². The van der Waals surface area contributed by atoms with Crippen molar-refractivity contribution in [2.75, 3.05) is 30.8 Å². The van der Waals surface area contributed by atoms with Gasteiger partial charge < -0.3 is 20.7 Å². The Bertz CT molecular complexity index is 742. The van der Waals surface area contributed by atoms with E-state index >= 15 is 0 Å². The number of rotatable bonds is 4. The van der Waals surface area contributed by atoms with E-state index in [1.165, 1.54) is 0 Å². The predicted octanol–water partition coefficient (Wildman–Crippen LogP) is 1.48. The van der Waals surface area contributed by atoms with E-state index in [-0.39, 0.29) is 23.8 Å². The summed E-state index contributed by atoms with van der Waals surface area (Å²) in [5.41, 5.74) is 7.77. The molecule has 7 heteroatoms. The highest BCUT2D eigenvalue weighted by molar-refractivity contribution is 5.73. The quantitative estimate of drug-likeness (QED) is 0.875. The van der Waals surface area contributed by atoms with Crippen LogP contribution in [0.25, 0.3) is 0 Å². The standard InChI is InChI=1S/C18H23N5O2/c1-11-8-17(22-18(19)20-11)23-9-15(16(10-23)21-12(2)24)13-4-6-14(25-3)7-5-13/h4-8,15-16H,9-10H2,1-3H3,(H,21,24)(H2,19,20,22)/t15-,16+/m0/s1. The van der Waals surface area contributed by atoms with E-state index in [4.69, 9.17) is 10.5 Å². The molecular formula is C18H23N5O2. The molecule has 0 spiro atoms. The van der Waals surface area contributed by atoms with Crippen LogP contribution in [-0.2, 0) is 4.79 Å². The monoisotopic (exact) mass is 341 g/mol. The molecule has 132 valence electrons. The Morgan fingerprint density at radius 3 is 2.60 bits per heavy atom. The number of benzene rings is 1. The van der Waals surface area contributed by atoms with Crippen LogP contribution in [0.2, 0.25) is 0 Å². The minimum atomic E-state index is -0.0382. The number of aromatic nitrogens is 2. The molecule has 1 saturated heterocycles. The molecule has 3 N–H and O–H groups in total. The van der Waals surface area contributed by atoms with Crippen LogP contribution in [0, 0.1) is 6.92 Å².